The van der Waals surface area contributed by atoms with Gasteiger partial charge >= 0.3 is 0 Å². The second-order valence-corrected chi connectivity index (χ2v) is 5.10. The minimum Gasteiger partial charge on any atom is -0.489 e. The minimum absolute atomic E-state index is 0.0463. The van der Waals surface area contributed by atoms with E-state index in [9.17, 15) is 8.78 Å². The normalized spacial score (nSPS) is 10.8. The zero-order valence-corrected chi connectivity index (χ0v) is 12.2. The molecule has 0 saturated carbocycles. The van der Waals surface area contributed by atoms with E-state index in [-0.39, 0.29) is 11.8 Å². The summed E-state index contributed by atoms with van der Waals surface area (Å²) in [6, 6.07) is 7.52. The van der Waals surface area contributed by atoms with Gasteiger partial charge in [-0.25, -0.2) is 8.78 Å². The molecule has 0 aromatic heterocycles. The number of ether oxygens (including phenoxy) is 1. The van der Waals surface area contributed by atoms with Gasteiger partial charge in [0.05, 0.1) is 11.8 Å². The number of nitrogen functional groups attached to an aromatic ring is 1. The van der Waals surface area contributed by atoms with E-state index in [0.29, 0.717) is 22.7 Å². The molecule has 112 valence electrons. The molecule has 0 atom stereocenters. The summed E-state index contributed by atoms with van der Waals surface area (Å²) in [4.78, 5) is 0. The molecule has 0 aliphatic carbocycles. The van der Waals surface area contributed by atoms with E-state index >= 15 is 0 Å². The van der Waals surface area contributed by atoms with Gasteiger partial charge in [0.1, 0.15) is 17.3 Å². The van der Waals surface area contributed by atoms with Crippen LogP contribution >= 0.6 is 0 Å². The third kappa shape index (κ3) is 3.42. The predicted octanol–water partition coefficient (Wildman–Crippen LogP) is 4.39. The van der Waals surface area contributed by atoms with Gasteiger partial charge in [-0.15, -0.1) is 0 Å². The Hall–Kier alpha value is -2.30. The Labute approximate surface area is 122 Å². The monoisotopic (exact) mass is 292 g/mol. The van der Waals surface area contributed by atoms with E-state index in [1.165, 1.54) is 12.1 Å². The van der Waals surface area contributed by atoms with Crippen molar-refractivity contribution in [1.29, 1.82) is 0 Å². The lowest BCUT2D eigenvalue weighted by molar-refractivity contribution is 0.244. The number of nitrogens with two attached hydrogens (primary N) is 1. The second-order valence-electron chi connectivity index (χ2n) is 5.10. The molecular formula is C16H18F2N2O. The minimum atomic E-state index is -0.652. The molecule has 0 unspecified atom stereocenters. The summed E-state index contributed by atoms with van der Waals surface area (Å²) in [6.07, 6.45) is -0.0463. The van der Waals surface area contributed by atoms with Crippen molar-refractivity contribution in [2.75, 3.05) is 11.1 Å². The summed E-state index contributed by atoms with van der Waals surface area (Å²) in [5, 5.41) is 2.74. The van der Waals surface area contributed by atoms with Crippen molar-refractivity contribution >= 4 is 17.1 Å². The number of anilines is 3. The molecule has 0 radical (unpaired) electrons. The maximum atomic E-state index is 14.0. The molecule has 5 heteroatoms. The molecule has 0 saturated heterocycles. The highest BCUT2D eigenvalue weighted by Crippen LogP contribution is 2.30. The first-order valence-electron chi connectivity index (χ1n) is 6.66. The maximum absolute atomic E-state index is 14.0. The van der Waals surface area contributed by atoms with Gasteiger partial charge in [-0.3, -0.25) is 0 Å². The van der Waals surface area contributed by atoms with Crippen molar-refractivity contribution in [3.05, 3.63) is 47.5 Å². The fourth-order valence-electron chi connectivity index (χ4n) is 1.88. The van der Waals surface area contributed by atoms with Crippen LogP contribution in [0.5, 0.6) is 5.75 Å². The summed E-state index contributed by atoms with van der Waals surface area (Å²) in [6.45, 7) is 5.33. The van der Waals surface area contributed by atoms with Crippen LogP contribution in [-0.4, -0.2) is 6.10 Å². The standard InChI is InChI=1S/C16H18F2N2O/c1-9(2)21-14-8-11(5-7-13(14)19)20-16-12(17)6-4-10(3)15(16)18/h4-9,20H,19H2,1-3H3. The smallest absolute Gasteiger partial charge is 0.152 e. The number of hydrogen-bond acceptors (Lipinski definition) is 3. The highest BCUT2D eigenvalue weighted by Gasteiger charge is 2.12. The zero-order valence-electron chi connectivity index (χ0n) is 12.2. The molecule has 0 aliphatic rings. The van der Waals surface area contributed by atoms with Crippen LogP contribution in [-0.2, 0) is 0 Å². The fourth-order valence-corrected chi connectivity index (χ4v) is 1.88. The predicted molar refractivity (Wildman–Crippen MR) is 81.0 cm³/mol. The third-order valence-corrected chi connectivity index (χ3v) is 2.93. The first-order valence-corrected chi connectivity index (χ1v) is 6.66. The number of rotatable bonds is 4. The van der Waals surface area contributed by atoms with Gasteiger partial charge in [-0.1, -0.05) is 6.07 Å². The average molecular weight is 292 g/mol. The molecule has 0 spiro atoms. The highest BCUT2D eigenvalue weighted by molar-refractivity contribution is 5.67. The highest BCUT2D eigenvalue weighted by atomic mass is 19.1. The zero-order chi connectivity index (χ0) is 15.6. The molecule has 3 N–H and O–H groups in total. The van der Waals surface area contributed by atoms with Crippen molar-refractivity contribution in [3.63, 3.8) is 0 Å². The van der Waals surface area contributed by atoms with Crippen molar-refractivity contribution < 1.29 is 13.5 Å². The molecule has 0 amide bonds. The molecule has 0 fully saturated rings. The largest absolute Gasteiger partial charge is 0.489 e. The maximum Gasteiger partial charge on any atom is 0.152 e. The van der Waals surface area contributed by atoms with E-state index in [0.717, 1.165) is 0 Å². The number of hydrogen-bond donors (Lipinski definition) is 2. The average Bonchev–Trinajstić information content (AvgIpc) is 2.42. The summed E-state index contributed by atoms with van der Waals surface area (Å²) in [5.41, 5.74) is 6.97. The van der Waals surface area contributed by atoms with Crippen molar-refractivity contribution in [1.82, 2.24) is 0 Å². The van der Waals surface area contributed by atoms with Gasteiger partial charge < -0.3 is 15.8 Å². The van der Waals surface area contributed by atoms with Crippen molar-refractivity contribution in [3.8, 4) is 5.75 Å². The Morgan fingerprint density at radius 1 is 1.14 bits per heavy atom. The summed E-state index contributed by atoms with van der Waals surface area (Å²) in [5.74, 6) is -0.789. The lowest BCUT2D eigenvalue weighted by Crippen LogP contribution is -2.08. The Morgan fingerprint density at radius 3 is 2.52 bits per heavy atom. The molecule has 0 bridgehead atoms. The van der Waals surface area contributed by atoms with Gasteiger partial charge in [0.15, 0.2) is 5.82 Å². The summed E-state index contributed by atoms with van der Waals surface area (Å²) in [7, 11) is 0. The van der Waals surface area contributed by atoms with Crippen LogP contribution in [0.4, 0.5) is 25.8 Å². The molecule has 0 heterocycles. The topological polar surface area (TPSA) is 47.3 Å². The van der Waals surface area contributed by atoms with Crippen molar-refractivity contribution in [2.45, 2.75) is 26.9 Å². The van der Waals surface area contributed by atoms with Gasteiger partial charge in [0, 0.05) is 11.8 Å². The van der Waals surface area contributed by atoms with Gasteiger partial charge in [0.2, 0.25) is 0 Å². The van der Waals surface area contributed by atoms with Crippen LogP contribution in [0.3, 0.4) is 0 Å². The molecule has 3 nitrogen and oxygen atoms in total. The van der Waals surface area contributed by atoms with Crippen LogP contribution in [0.25, 0.3) is 0 Å². The first kappa shape index (κ1) is 15.1. The Bertz CT molecular complexity index is 657. The number of nitrogens with one attached hydrogen (secondary N) is 1. The van der Waals surface area contributed by atoms with Crippen LogP contribution in [0.2, 0.25) is 0 Å². The van der Waals surface area contributed by atoms with Crippen molar-refractivity contribution in [2.24, 2.45) is 0 Å². The van der Waals surface area contributed by atoms with Gasteiger partial charge in [-0.05, 0) is 44.5 Å². The molecule has 2 aromatic carbocycles. The Morgan fingerprint density at radius 2 is 1.86 bits per heavy atom. The number of aryl methyl sites for hydroxylation is 1. The van der Waals surface area contributed by atoms with E-state index in [1.807, 2.05) is 13.8 Å². The molecule has 2 rings (SSSR count). The number of halogens is 2. The Balaban J connectivity index is 2.34. The molecule has 0 aliphatic heterocycles. The van der Waals surface area contributed by atoms with Crippen LogP contribution < -0.4 is 15.8 Å². The lowest BCUT2D eigenvalue weighted by atomic mass is 10.2. The van der Waals surface area contributed by atoms with Gasteiger partial charge in [0.25, 0.3) is 0 Å². The lowest BCUT2D eigenvalue weighted by Gasteiger charge is -2.15. The second kappa shape index (κ2) is 5.99. The fraction of sp³-hybridized carbons (Fsp3) is 0.250. The molecule has 21 heavy (non-hydrogen) atoms. The summed E-state index contributed by atoms with van der Waals surface area (Å²) >= 11 is 0. The quantitative estimate of drug-likeness (QED) is 0.822. The van der Waals surface area contributed by atoms with Crippen LogP contribution in [0.15, 0.2) is 30.3 Å². The van der Waals surface area contributed by atoms with E-state index < -0.39 is 11.6 Å². The number of benzene rings is 2. The third-order valence-electron chi connectivity index (χ3n) is 2.93. The van der Waals surface area contributed by atoms with Gasteiger partial charge in [-0.2, -0.15) is 0 Å². The first-order chi connectivity index (χ1) is 9.88. The van der Waals surface area contributed by atoms with E-state index in [4.69, 9.17) is 10.5 Å². The Kier molecular flexibility index (Phi) is 4.31. The van der Waals surface area contributed by atoms with Crippen LogP contribution in [0.1, 0.15) is 19.4 Å². The molecule has 2 aromatic rings. The molecular weight excluding hydrogens is 274 g/mol. The SMILES string of the molecule is Cc1ccc(F)c(Nc2ccc(N)c(OC(C)C)c2)c1F. The summed E-state index contributed by atoms with van der Waals surface area (Å²) < 4.78 is 33.3. The van der Waals surface area contributed by atoms with E-state index in [2.05, 4.69) is 5.32 Å². The van der Waals surface area contributed by atoms with E-state index in [1.54, 1.807) is 25.1 Å². The van der Waals surface area contributed by atoms with Crippen LogP contribution in [0, 0.1) is 18.6 Å².